The Balaban J connectivity index is 1.51. The molecule has 0 aromatic carbocycles. The van der Waals surface area contributed by atoms with E-state index < -0.39 is 0 Å². The molecule has 0 unspecified atom stereocenters. The van der Waals surface area contributed by atoms with E-state index in [0.29, 0.717) is 5.41 Å². The minimum absolute atomic E-state index is 0.202. The molecule has 0 N–H and O–H groups in total. The second-order valence-corrected chi connectivity index (χ2v) is 8.00. The second-order valence-electron chi connectivity index (χ2n) is 8.00. The number of hydrogen-bond donors (Lipinski definition) is 0. The van der Waals surface area contributed by atoms with Gasteiger partial charge in [0.25, 0.3) is 0 Å². The highest BCUT2D eigenvalue weighted by Gasteiger charge is 2.40. The summed E-state index contributed by atoms with van der Waals surface area (Å²) in [6.45, 7) is 14.4. The van der Waals surface area contributed by atoms with Crippen LogP contribution in [-0.4, -0.2) is 74.5 Å². The van der Waals surface area contributed by atoms with Crippen molar-refractivity contribution in [2.24, 2.45) is 5.41 Å². The first-order valence-corrected chi connectivity index (χ1v) is 8.74. The monoisotopic (exact) mass is 296 g/mol. The van der Waals surface area contributed by atoms with Gasteiger partial charge >= 0.3 is 0 Å². The Labute approximate surface area is 129 Å². The molecular weight excluding hydrogens is 264 g/mol. The maximum atomic E-state index is 6.15. The van der Waals surface area contributed by atoms with Crippen LogP contribution in [0.15, 0.2) is 0 Å². The normalized spacial score (nSPS) is 28.3. The van der Waals surface area contributed by atoms with Crippen LogP contribution in [0.2, 0.25) is 0 Å². The summed E-state index contributed by atoms with van der Waals surface area (Å²) in [7, 11) is 0. The first-order valence-electron chi connectivity index (χ1n) is 8.74. The van der Waals surface area contributed by atoms with E-state index in [1.165, 1.54) is 38.8 Å². The van der Waals surface area contributed by atoms with Gasteiger partial charge in [-0.05, 0) is 18.3 Å². The molecule has 3 aliphatic rings. The summed E-state index contributed by atoms with van der Waals surface area (Å²) < 4.78 is 11.6. The van der Waals surface area contributed by atoms with E-state index in [2.05, 4.69) is 23.6 Å². The lowest BCUT2D eigenvalue weighted by Gasteiger charge is -2.44. The van der Waals surface area contributed by atoms with Crippen LogP contribution in [0.1, 0.15) is 39.5 Å². The number of rotatable bonds is 4. The van der Waals surface area contributed by atoms with Gasteiger partial charge in [0.15, 0.2) is 0 Å². The van der Waals surface area contributed by atoms with Gasteiger partial charge in [-0.15, -0.1) is 0 Å². The third-order valence-electron chi connectivity index (χ3n) is 5.25. The van der Waals surface area contributed by atoms with Gasteiger partial charge in [-0.25, -0.2) is 0 Å². The predicted molar refractivity (Wildman–Crippen MR) is 84.6 cm³/mol. The SMILES string of the molecule is CC(C)(CN1CCOCC1)CN1CCOC2(CCCC2)C1. The summed E-state index contributed by atoms with van der Waals surface area (Å²) in [5.74, 6) is 0. The van der Waals surface area contributed by atoms with Gasteiger partial charge in [-0.3, -0.25) is 9.80 Å². The lowest BCUT2D eigenvalue weighted by molar-refractivity contribution is -0.112. The maximum absolute atomic E-state index is 6.15. The summed E-state index contributed by atoms with van der Waals surface area (Å²) in [6, 6.07) is 0. The third-order valence-corrected chi connectivity index (χ3v) is 5.25. The molecule has 2 heterocycles. The summed E-state index contributed by atoms with van der Waals surface area (Å²) in [6.07, 6.45) is 5.25. The fourth-order valence-corrected chi connectivity index (χ4v) is 4.40. The van der Waals surface area contributed by atoms with Gasteiger partial charge in [0.2, 0.25) is 0 Å². The molecular formula is C17H32N2O2. The first kappa shape index (κ1) is 15.7. The van der Waals surface area contributed by atoms with Crippen LogP contribution in [0.25, 0.3) is 0 Å². The first-order chi connectivity index (χ1) is 10.1. The smallest absolute Gasteiger partial charge is 0.0809 e. The van der Waals surface area contributed by atoms with E-state index in [-0.39, 0.29) is 5.60 Å². The van der Waals surface area contributed by atoms with Crippen LogP contribution >= 0.6 is 0 Å². The molecule has 2 saturated heterocycles. The topological polar surface area (TPSA) is 24.9 Å². The van der Waals surface area contributed by atoms with Crippen molar-refractivity contribution in [2.75, 3.05) is 59.1 Å². The molecule has 0 aromatic rings. The van der Waals surface area contributed by atoms with Crippen LogP contribution < -0.4 is 0 Å². The molecule has 0 aromatic heterocycles. The highest BCUT2D eigenvalue weighted by atomic mass is 16.5. The Morgan fingerprint density at radius 1 is 0.905 bits per heavy atom. The van der Waals surface area contributed by atoms with Crippen molar-refractivity contribution in [2.45, 2.75) is 45.1 Å². The van der Waals surface area contributed by atoms with Crippen molar-refractivity contribution in [3.05, 3.63) is 0 Å². The van der Waals surface area contributed by atoms with Gasteiger partial charge < -0.3 is 9.47 Å². The molecule has 0 atom stereocenters. The van der Waals surface area contributed by atoms with Crippen LogP contribution in [-0.2, 0) is 9.47 Å². The molecule has 0 radical (unpaired) electrons. The van der Waals surface area contributed by atoms with Crippen LogP contribution in [0.4, 0.5) is 0 Å². The maximum Gasteiger partial charge on any atom is 0.0809 e. The summed E-state index contributed by atoms with van der Waals surface area (Å²) in [5, 5.41) is 0. The zero-order valence-corrected chi connectivity index (χ0v) is 13.9. The third kappa shape index (κ3) is 4.19. The van der Waals surface area contributed by atoms with Crippen LogP contribution in [0, 0.1) is 5.41 Å². The van der Waals surface area contributed by atoms with E-state index in [9.17, 15) is 0 Å². The number of hydrogen-bond acceptors (Lipinski definition) is 4. The largest absolute Gasteiger partial charge is 0.379 e. The van der Waals surface area contributed by atoms with Crippen molar-refractivity contribution in [1.82, 2.24) is 9.80 Å². The average Bonchev–Trinajstić information content (AvgIpc) is 2.86. The standard InChI is InChI=1S/C17H32N2O2/c1-16(2,13-18-7-10-20-11-8-18)14-19-9-12-21-17(15-19)5-3-4-6-17/h3-15H2,1-2H3. The molecule has 1 saturated carbocycles. The van der Waals surface area contributed by atoms with Crippen molar-refractivity contribution in [3.63, 3.8) is 0 Å². The molecule has 0 amide bonds. The second kappa shape index (κ2) is 6.53. The van der Waals surface area contributed by atoms with Gasteiger partial charge in [0.05, 0.1) is 25.4 Å². The van der Waals surface area contributed by atoms with E-state index in [0.717, 1.165) is 46.0 Å². The Morgan fingerprint density at radius 3 is 2.24 bits per heavy atom. The summed E-state index contributed by atoms with van der Waals surface area (Å²) in [4.78, 5) is 5.23. The van der Waals surface area contributed by atoms with Crippen LogP contribution in [0.5, 0.6) is 0 Å². The van der Waals surface area contributed by atoms with E-state index in [1.807, 2.05) is 0 Å². The van der Waals surface area contributed by atoms with Gasteiger partial charge in [0.1, 0.15) is 0 Å². The zero-order valence-electron chi connectivity index (χ0n) is 13.9. The predicted octanol–water partition coefficient (Wildman–Crippen LogP) is 1.99. The quantitative estimate of drug-likeness (QED) is 0.792. The lowest BCUT2D eigenvalue weighted by atomic mass is 9.90. The van der Waals surface area contributed by atoms with Crippen molar-refractivity contribution < 1.29 is 9.47 Å². The summed E-state index contributed by atoms with van der Waals surface area (Å²) >= 11 is 0. The molecule has 1 spiro atoms. The fourth-order valence-electron chi connectivity index (χ4n) is 4.40. The fraction of sp³-hybridized carbons (Fsp3) is 1.00. The van der Waals surface area contributed by atoms with Gasteiger partial charge in [-0.1, -0.05) is 26.7 Å². The molecule has 4 nitrogen and oxygen atoms in total. The van der Waals surface area contributed by atoms with E-state index in [4.69, 9.17) is 9.47 Å². The Kier molecular flexibility index (Phi) is 4.89. The Morgan fingerprint density at radius 2 is 1.52 bits per heavy atom. The van der Waals surface area contributed by atoms with Crippen LogP contribution in [0.3, 0.4) is 0 Å². The molecule has 21 heavy (non-hydrogen) atoms. The zero-order chi connectivity index (χ0) is 14.8. The Hall–Kier alpha value is -0.160. The summed E-state index contributed by atoms with van der Waals surface area (Å²) in [5.41, 5.74) is 0.543. The minimum Gasteiger partial charge on any atom is -0.379 e. The number of nitrogens with zero attached hydrogens (tertiary/aromatic N) is 2. The lowest BCUT2D eigenvalue weighted by Crippen LogP contribution is -2.54. The molecule has 122 valence electrons. The molecule has 3 fully saturated rings. The Bertz CT molecular complexity index is 334. The highest BCUT2D eigenvalue weighted by molar-refractivity contribution is 4.93. The van der Waals surface area contributed by atoms with E-state index in [1.54, 1.807) is 0 Å². The number of ether oxygens (including phenoxy) is 2. The molecule has 4 heteroatoms. The van der Waals surface area contributed by atoms with Crippen molar-refractivity contribution in [3.8, 4) is 0 Å². The van der Waals surface area contributed by atoms with Crippen molar-refractivity contribution in [1.29, 1.82) is 0 Å². The van der Waals surface area contributed by atoms with Gasteiger partial charge in [-0.2, -0.15) is 0 Å². The van der Waals surface area contributed by atoms with Gasteiger partial charge in [0, 0.05) is 39.3 Å². The molecule has 0 bridgehead atoms. The number of morpholine rings is 2. The average molecular weight is 296 g/mol. The molecule has 1 aliphatic carbocycles. The van der Waals surface area contributed by atoms with E-state index >= 15 is 0 Å². The molecule has 3 rings (SSSR count). The molecule has 2 aliphatic heterocycles. The van der Waals surface area contributed by atoms with Crippen molar-refractivity contribution >= 4 is 0 Å². The highest BCUT2D eigenvalue weighted by Crippen LogP contribution is 2.36. The minimum atomic E-state index is 0.202.